The fraction of sp³-hybridized carbons (Fsp3) is 0.185. The van der Waals surface area contributed by atoms with E-state index in [1.54, 1.807) is 29.2 Å². The number of amides is 3. The molecule has 8 heteroatoms. The normalized spacial score (nSPS) is 24.7. The van der Waals surface area contributed by atoms with Crippen LogP contribution >= 0.6 is 12.2 Å². The SMILES string of the molecule is COc1cccc(N2C(=O)[C@@H]3C(=S)N[C@@]4(C(=O)N(Cc5ccccc5)c5ccccc54)[C@@H]3C2=O)c1. The predicted octanol–water partition coefficient (Wildman–Crippen LogP) is 3.17. The molecule has 1 spiro atoms. The molecule has 3 aliphatic heterocycles. The summed E-state index contributed by atoms with van der Waals surface area (Å²) in [6, 6.07) is 23.8. The second-order valence-electron chi connectivity index (χ2n) is 8.86. The van der Waals surface area contributed by atoms with Gasteiger partial charge in [0.25, 0.3) is 5.91 Å². The van der Waals surface area contributed by atoms with Gasteiger partial charge in [-0.1, -0.05) is 66.8 Å². The van der Waals surface area contributed by atoms with E-state index in [9.17, 15) is 14.4 Å². The zero-order chi connectivity index (χ0) is 24.3. The van der Waals surface area contributed by atoms with Crippen LogP contribution in [0.3, 0.4) is 0 Å². The Labute approximate surface area is 207 Å². The third-order valence-corrected chi connectivity index (χ3v) is 7.43. The summed E-state index contributed by atoms with van der Waals surface area (Å²) in [6.45, 7) is 0.339. The summed E-state index contributed by atoms with van der Waals surface area (Å²) >= 11 is 5.59. The summed E-state index contributed by atoms with van der Waals surface area (Å²) in [5.41, 5.74) is 1.28. The number of fused-ring (bicyclic) bond motifs is 4. The summed E-state index contributed by atoms with van der Waals surface area (Å²) < 4.78 is 5.28. The van der Waals surface area contributed by atoms with E-state index in [0.29, 0.717) is 29.2 Å². The quantitative estimate of drug-likeness (QED) is 0.454. The Hall–Kier alpha value is -4.04. The lowest BCUT2D eigenvalue weighted by Crippen LogP contribution is -2.54. The van der Waals surface area contributed by atoms with Gasteiger partial charge in [0.15, 0.2) is 5.54 Å². The number of nitrogens with one attached hydrogen (secondary N) is 1. The molecule has 3 aromatic rings. The third kappa shape index (κ3) is 2.89. The van der Waals surface area contributed by atoms with Crippen molar-refractivity contribution in [3.8, 4) is 5.75 Å². The molecule has 2 saturated heterocycles. The van der Waals surface area contributed by atoms with Crippen LogP contribution in [0, 0.1) is 11.8 Å². The first-order chi connectivity index (χ1) is 17.0. The molecule has 7 nitrogen and oxygen atoms in total. The number of para-hydroxylation sites is 1. The second-order valence-corrected chi connectivity index (χ2v) is 9.30. The van der Waals surface area contributed by atoms with Crippen LogP contribution in [0.15, 0.2) is 78.9 Å². The number of hydrogen-bond acceptors (Lipinski definition) is 5. The van der Waals surface area contributed by atoms with Crippen molar-refractivity contribution in [1.29, 1.82) is 0 Å². The highest BCUT2D eigenvalue weighted by Crippen LogP contribution is 2.54. The molecule has 0 bridgehead atoms. The van der Waals surface area contributed by atoms with Crippen LogP contribution in [-0.4, -0.2) is 29.8 Å². The third-order valence-electron chi connectivity index (χ3n) is 7.07. The first-order valence-corrected chi connectivity index (χ1v) is 11.7. The number of carbonyl (C=O) groups is 3. The van der Waals surface area contributed by atoms with Gasteiger partial charge in [0, 0.05) is 11.6 Å². The van der Waals surface area contributed by atoms with Gasteiger partial charge < -0.3 is 15.0 Å². The number of benzene rings is 3. The largest absolute Gasteiger partial charge is 0.497 e. The van der Waals surface area contributed by atoms with Gasteiger partial charge in [-0.2, -0.15) is 0 Å². The molecule has 3 heterocycles. The number of thiocarbonyl (C=S) groups is 1. The maximum absolute atomic E-state index is 14.2. The molecule has 0 aromatic heterocycles. The maximum Gasteiger partial charge on any atom is 0.258 e. The number of nitrogens with zero attached hydrogens (tertiary/aromatic N) is 2. The lowest BCUT2D eigenvalue weighted by Gasteiger charge is -2.29. The molecule has 1 N–H and O–H groups in total. The molecule has 0 radical (unpaired) electrons. The summed E-state index contributed by atoms with van der Waals surface area (Å²) in [4.78, 5) is 44.7. The van der Waals surface area contributed by atoms with Crippen molar-refractivity contribution in [2.45, 2.75) is 12.1 Å². The fourth-order valence-electron chi connectivity index (χ4n) is 5.55. The maximum atomic E-state index is 14.2. The number of carbonyl (C=O) groups excluding carboxylic acids is 3. The van der Waals surface area contributed by atoms with Crippen molar-refractivity contribution in [3.63, 3.8) is 0 Å². The van der Waals surface area contributed by atoms with Crippen molar-refractivity contribution in [3.05, 3.63) is 90.0 Å². The minimum absolute atomic E-state index is 0.212. The summed E-state index contributed by atoms with van der Waals surface area (Å²) in [6.07, 6.45) is 0. The Balaban J connectivity index is 1.47. The van der Waals surface area contributed by atoms with Gasteiger partial charge in [-0.25, -0.2) is 4.90 Å². The van der Waals surface area contributed by atoms with Gasteiger partial charge in [0.05, 0.1) is 35.9 Å². The Morgan fingerprint density at radius 2 is 1.69 bits per heavy atom. The number of methoxy groups -OCH3 is 1. The smallest absolute Gasteiger partial charge is 0.258 e. The van der Waals surface area contributed by atoms with Crippen LogP contribution in [0.4, 0.5) is 11.4 Å². The summed E-state index contributed by atoms with van der Waals surface area (Å²) in [5, 5.41) is 3.16. The van der Waals surface area contributed by atoms with Crippen LogP contribution in [0.5, 0.6) is 5.75 Å². The van der Waals surface area contributed by atoms with Gasteiger partial charge >= 0.3 is 0 Å². The molecule has 3 aromatic carbocycles. The number of hydrogen-bond donors (Lipinski definition) is 1. The van der Waals surface area contributed by atoms with Crippen molar-refractivity contribution in [2.75, 3.05) is 16.9 Å². The molecule has 174 valence electrons. The van der Waals surface area contributed by atoms with Gasteiger partial charge in [-0.15, -0.1) is 0 Å². The highest BCUT2D eigenvalue weighted by Gasteiger charge is 2.71. The molecule has 35 heavy (non-hydrogen) atoms. The molecule has 0 aliphatic carbocycles. The topological polar surface area (TPSA) is 79.0 Å². The van der Waals surface area contributed by atoms with E-state index in [0.717, 1.165) is 10.5 Å². The molecule has 3 atom stereocenters. The minimum Gasteiger partial charge on any atom is -0.497 e. The Bertz CT molecular complexity index is 1410. The monoisotopic (exact) mass is 483 g/mol. The second kappa shape index (κ2) is 7.74. The van der Waals surface area contributed by atoms with E-state index in [-0.39, 0.29) is 10.9 Å². The molecule has 0 unspecified atom stereocenters. The van der Waals surface area contributed by atoms with Crippen LogP contribution in [-0.2, 0) is 26.5 Å². The minimum atomic E-state index is -1.44. The number of ether oxygens (including phenoxy) is 1. The zero-order valence-corrected chi connectivity index (χ0v) is 19.6. The lowest BCUT2D eigenvalue weighted by atomic mass is 9.77. The number of rotatable bonds is 4. The Kier molecular flexibility index (Phi) is 4.76. The predicted molar refractivity (Wildman–Crippen MR) is 134 cm³/mol. The number of anilines is 2. The average molecular weight is 484 g/mol. The molecular weight excluding hydrogens is 462 g/mol. The zero-order valence-electron chi connectivity index (χ0n) is 18.8. The molecule has 3 amide bonds. The van der Waals surface area contributed by atoms with E-state index in [4.69, 9.17) is 17.0 Å². The van der Waals surface area contributed by atoms with Gasteiger partial charge in [0.2, 0.25) is 11.8 Å². The molecule has 6 rings (SSSR count). The van der Waals surface area contributed by atoms with Gasteiger partial charge in [-0.05, 0) is 23.8 Å². The fourth-order valence-corrected chi connectivity index (χ4v) is 5.95. The highest BCUT2D eigenvalue weighted by molar-refractivity contribution is 7.80. The Morgan fingerprint density at radius 3 is 2.46 bits per heavy atom. The van der Waals surface area contributed by atoms with Crippen molar-refractivity contribution < 1.29 is 19.1 Å². The summed E-state index contributed by atoms with van der Waals surface area (Å²) in [5.74, 6) is -2.56. The van der Waals surface area contributed by atoms with Gasteiger partial charge in [0.1, 0.15) is 11.7 Å². The van der Waals surface area contributed by atoms with E-state index in [1.165, 1.54) is 7.11 Å². The van der Waals surface area contributed by atoms with E-state index >= 15 is 0 Å². The Morgan fingerprint density at radius 1 is 0.943 bits per heavy atom. The molecule has 2 fully saturated rings. The van der Waals surface area contributed by atoms with Crippen molar-refractivity contribution in [2.24, 2.45) is 11.8 Å². The summed E-state index contributed by atoms with van der Waals surface area (Å²) in [7, 11) is 1.52. The van der Waals surface area contributed by atoms with Crippen LogP contribution in [0.2, 0.25) is 0 Å². The van der Waals surface area contributed by atoms with E-state index in [2.05, 4.69) is 5.32 Å². The lowest BCUT2D eigenvalue weighted by molar-refractivity contribution is -0.132. The number of imide groups is 1. The van der Waals surface area contributed by atoms with Crippen LogP contribution in [0.1, 0.15) is 11.1 Å². The standard InChI is InChI=1S/C27H21N3O4S/c1-34-18-11-7-10-17(14-18)30-24(31)21-22(25(30)32)27(28-23(21)35)19-12-5-6-13-20(19)29(26(27)33)15-16-8-3-2-4-9-16/h2-14,21-22H,15H2,1H3,(H,28,35)/t21-,22-,27+/m0/s1. The average Bonchev–Trinajstić information content (AvgIpc) is 3.43. The van der Waals surface area contributed by atoms with E-state index < -0.39 is 29.2 Å². The molecule has 3 aliphatic rings. The van der Waals surface area contributed by atoms with E-state index in [1.807, 2.05) is 54.6 Å². The molecular formula is C27H21N3O4S. The molecule has 0 saturated carbocycles. The first kappa shape index (κ1) is 21.5. The van der Waals surface area contributed by atoms with Gasteiger partial charge in [-0.3, -0.25) is 14.4 Å². The first-order valence-electron chi connectivity index (χ1n) is 11.3. The highest BCUT2D eigenvalue weighted by atomic mass is 32.1. The van der Waals surface area contributed by atoms with Crippen molar-refractivity contribution in [1.82, 2.24) is 5.32 Å². The van der Waals surface area contributed by atoms with Crippen molar-refractivity contribution >= 4 is 46.3 Å². The van der Waals surface area contributed by atoms with Crippen LogP contribution < -0.4 is 19.9 Å². The van der Waals surface area contributed by atoms with Crippen LogP contribution in [0.25, 0.3) is 0 Å².